The van der Waals surface area contributed by atoms with Crippen molar-refractivity contribution in [2.75, 3.05) is 0 Å². The molecule has 102 valence electrons. The molecule has 9 heteroatoms. The number of nitrogens with one attached hydrogen (secondary N) is 1. The van der Waals surface area contributed by atoms with Crippen LogP contribution in [-0.4, -0.2) is 26.6 Å². The highest BCUT2D eigenvalue weighted by atomic mass is 32.1. The van der Waals surface area contributed by atoms with E-state index >= 15 is 0 Å². The second kappa shape index (κ2) is 5.97. The van der Waals surface area contributed by atoms with Gasteiger partial charge in [0.25, 0.3) is 11.6 Å². The number of aromatic nitrogens is 2. The zero-order valence-corrected chi connectivity index (χ0v) is 11.1. The van der Waals surface area contributed by atoms with Gasteiger partial charge in [0.2, 0.25) is 0 Å². The minimum absolute atomic E-state index is 0.0823. The summed E-state index contributed by atoms with van der Waals surface area (Å²) in [6.07, 6.45) is 1.22. The first kappa shape index (κ1) is 13.7. The number of hydrogen-bond acceptors (Lipinski definition) is 7. The van der Waals surface area contributed by atoms with E-state index in [-0.39, 0.29) is 5.69 Å². The molecule has 0 fully saturated rings. The molecule has 0 aliphatic carbocycles. The normalized spacial score (nSPS) is 10.7. The van der Waals surface area contributed by atoms with Crippen LogP contribution in [0.4, 0.5) is 5.69 Å². The van der Waals surface area contributed by atoms with E-state index in [9.17, 15) is 14.9 Å². The van der Waals surface area contributed by atoms with Gasteiger partial charge in [-0.15, -0.1) is 5.10 Å². The third-order valence-corrected chi connectivity index (χ3v) is 3.19. The number of nitro benzene ring substituents is 1. The highest BCUT2D eigenvalue weighted by Gasteiger charge is 2.13. The van der Waals surface area contributed by atoms with Crippen LogP contribution in [0.15, 0.2) is 29.4 Å². The summed E-state index contributed by atoms with van der Waals surface area (Å²) in [4.78, 5) is 22.3. The molecule has 2 aromatic rings. The number of carbonyl (C=O) groups is 1. The number of nitrogens with zero attached hydrogens (tertiary/aromatic N) is 4. The third kappa shape index (κ3) is 3.01. The summed E-state index contributed by atoms with van der Waals surface area (Å²) in [5, 5.41) is 18.2. The minimum atomic E-state index is -0.513. The number of hydrazone groups is 1. The molecule has 0 aliphatic heterocycles. The van der Waals surface area contributed by atoms with Gasteiger partial charge in [0.05, 0.1) is 22.4 Å². The van der Waals surface area contributed by atoms with Gasteiger partial charge in [-0.25, -0.2) is 5.43 Å². The lowest BCUT2D eigenvalue weighted by atomic mass is 10.2. The standard InChI is InChI=1S/C11H9N5O3S/c1-7-10(20-15-13-7)11(17)14-12-6-8-4-2-3-5-9(8)16(18)19/h2-6H,1H3,(H,14,17)/b12-6+. The maximum absolute atomic E-state index is 11.7. The number of carbonyl (C=O) groups excluding carboxylic acids is 1. The third-order valence-electron chi connectivity index (χ3n) is 2.36. The predicted octanol–water partition coefficient (Wildman–Crippen LogP) is 1.52. The fraction of sp³-hybridized carbons (Fsp3) is 0.0909. The van der Waals surface area contributed by atoms with Gasteiger partial charge in [0.15, 0.2) is 0 Å². The molecule has 1 aromatic heterocycles. The van der Waals surface area contributed by atoms with Crippen molar-refractivity contribution < 1.29 is 9.72 Å². The Morgan fingerprint density at radius 1 is 1.50 bits per heavy atom. The number of aryl methyl sites for hydroxylation is 1. The van der Waals surface area contributed by atoms with E-state index in [0.717, 1.165) is 11.5 Å². The van der Waals surface area contributed by atoms with Crippen molar-refractivity contribution in [1.82, 2.24) is 15.0 Å². The molecule has 8 nitrogen and oxygen atoms in total. The van der Waals surface area contributed by atoms with Crippen molar-refractivity contribution in [2.45, 2.75) is 6.92 Å². The first-order chi connectivity index (χ1) is 9.59. The predicted molar refractivity (Wildman–Crippen MR) is 72.8 cm³/mol. The summed E-state index contributed by atoms with van der Waals surface area (Å²) in [5.74, 6) is -0.452. The van der Waals surface area contributed by atoms with Crippen LogP contribution in [0.25, 0.3) is 0 Å². The summed E-state index contributed by atoms with van der Waals surface area (Å²) in [6, 6.07) is 6.10. The van der Waals surface area contributed by atoms with Crippen molar-refractivity contribution in [3.05, 3.63) is 50.5 Å². The number of amides is 1. The molecule has 0 saturated heterocycles. The first-order valence-electron chi connectivity index (χ1n) is 5.45. The lowest BCUT2D eigenvalue weighted by Crippen LogP contribution is -2.17. The molecular formula is C11H9N5O3S. The molecule has 1 aromatic carbocycles. The lowest BCUT2D eigenvalue weighted by Gasteiger charge is -1.97. The van der Waals surface area contributed by atoms with Crippen molar-refractivity contribution in [2.24, 2.45) is 5.10 Å². The van der Waals surface area contributed by atoms with E-state index < -0.39 is 10.8 Å². The molecular weight excluding hydrogens is 282 g/mol. The Morgan fingerprint density at radius 3 is 2.90 bits per heavy atom. The van der Waals surface area contributed by atoms with Crippen molar-refractivity contribution in [3.63, 3.8) is 0 Å². The van der Waals surface area contributed by atoms with Crippen LogP contribution in [0.1, 0.15) is 20.9 Å². The zero-order valence-electron chi connectivity index (χ0n) is 10.3. The maximum Gasteiger partial charge on any atom is 0.285 e. The Kier molecular flexibility index (Phi) is 4.11. The van der Waals surface area contributed by atoms with E-state index in [4.69, 9.17) is 0 Å². The van der Waals surface area contributed by atoms with Gasteiger partial charge in [-0.05, 0) is 24.5 Å². The zero-order chi connectivity index (χ0) is 14.5. The molecule has 0 aliphatic rings. The van der Waals surface area contributed by atoms with Gasteiger partial charge < -0.3 is 0 Å². The Bertz CT molecular complexity index is 682. The van der Waals surface area contributed by atoms with E-state index in [1.54, 1.807) is 19.1 Å². The molecule has 20 heavy (non-hydrogen) atoms. The fourth-order valence-electron chi connectivity index (χ4n) is 1.41. The van der Waals surface area contributed by atoms with Gasteiger partial charge in [0.1, 0.15) is 4.88 Å². The highest BCUT2D eigenvalue weighted by molar-refractivity contribution is 7.07. The second-order valence-electron chi connectivity index (χ2n) is 3.70. The van der Waals surface area contributed by atoms with Crippen LogP contribution in [-0.2, 0) is 0 Å². The molecule has 2 rings (SSSR count). The smallest absolute Gasteiger partial charge is 0.266 e. The van der Waals surface area contributed by atoms with E-state index in [1.807, 2.05) is 0 Å². The van der Waals surface area contributed by atoms with E-state index in [0.29, 0.717) is 16.1 Å². The van der Waals surface area contributed by atoms with Crippen LogP contribution in [0.2, 0.25) is 0 Å². The number of nitro groups is 1. The monoisotopic (exact) mass is 291 g/mol. The molecule has 0 saturated carbocycles. The average Bonchev–Trinajstić information content (AvgIpc) is 2.85. The van der Waals surface area contributed by atoms with E-state index in [2.05, 4.69) is 20.1 Å². The molecule has 0 atom stereocenters. The van der Waals surface area contributed by atoms with Crippen molar-refractivity contribution >= 4 is 29.3 Å². The molecule has 0 spiro atoms. The summed E-state index contributed by atoms with van der Waals surface area (Å²) in [5.41, 5.74) is 3.01. The Hall–Kier alpha value is -2.68. The summed E-state index contributed by atoms with van der Waals surface area (Å²) >= 11 is 0.957. The topological polar surface area (TPSA) is 110 Å². The average molecular weight is 291 g/mol. The quantitative estimate of drug-likeness (QED) is 0.521. The van der Waals surface area contributed by atoms with Crippen LogP contribution in [0.3, 0.4) is 0 Å². The first-order valence-corrected chi connectivity index (χ1v) is 6.22. The van der Waals surface area contributed by atoms with Gasteiger partial charge in [0, 0.05) is 6.07 Å². The molecule has 1 amide bonds. The fourth-order valence-corrected chi connectivity index (χ4v) is 1.96. The molecule has 0 bridgehead atoms. The maximum atomic E-state index is 11.7. The number of para-hydroxylation sites is 1. The number of hydrogen-bond donors (Lipinski definition) is 1. The molecule has 1 N–H and O–H groups in total. The SMILES string of the molecule is Cc1nnsc1C(=O)N/N=C/c1ccccc1[N+](=O)[O-]. The van der Waals surface area contributed by atoms with Crippen LogP contribution >= 0.6 is 11.5 Å². The second-order valence-corrected chi connectivity index (χ2v) is 4.46. The van der Waals surface area contributed by atoms with Crippen molar-refractivity contribution in [3.8, 4) is 0 Å². The summed E-state index contributed by atoms with van der Waals surface area (Å²) in [6.45, 7) is 1.66. The van der Waals surface area contributed by atoms with Crippen LogP contribution in [0, 0.1) is 17.0 Å². The number of benzene rings is 1. The van der Waals surface area contributed by atoms with Gasteiger partial charge >= 0.3 is 0 Å². The summed E-state index contributed by atoms with van der Waals surface area (Å²) < 4.78 is 3.64. The summed E-state index contributed by atoms with van der Waals surface area (Å²) in [7, 11) is 0. The molecule has 0 unspecified atom stereocenters. The Balaban J connectivity index is 2.10. The van der Waals surface area contributed by atoms with Gasteiger partial charge in [-0.3, -0.25) is 14.9 Å². The van der Waals surface area contributed by atoms with Gasteiger partial charge in [-0.1, -0.05) is 16.6 Å². The van der Waals surface area contributed by atoms with Crippen LogP contribution in [0.5, 0.6) is 0 Å². The largest absolute Gasteiger partial charge is 0.285 e. The lowest BCUT2D eigenvalue weighted by molar-refractivity contribution is -0.385. The Morgan fingerprint density at radius 2 is 2.25 bits per heavy atom. The van der Waals surface area contributed by atoms with Crippen LogP contribution < -0.4 is 5.43 Å². The number of rotatable bonds is 4. The van der Waals surface area contributed by atoms with Gasteiger partial charge in [-0.2, -0.15) is 5.10 Å². The van der Waals surface area contributed by atoms with E-state index in [1.165, 1.54) is 18.3 Å². The van der Waals surface area contributed by atoms with Crippen molar-refractivity contribution in [1.29, 1.82) is 0 Å². The minimum Gasteiger partial charge on any atom is -0.266 e. The molecule has 1 heterocycles. The highest BCUT2D eigenvalue weighted by Crippen LogP contribution is 2.15. The molecule has 0 radical (unpaired) electrons. The Labute approximate surface area is 117 Å².